The molecule has 2 aromatic carbocycles. The molecule has 3 rings (SSSR count). The standard InChI is InChI=1S/C22H28/c1-21(2,3)18-9-7-8-15(13-18)16-10-11-19-17(12-16)14-20(19)22(4,5)6/h7-13,20H,14H2,1-6H3. The Morgan fingerprint density at radius 3 is 2.09 bits per heavy atom. The summed E-state index contributed by atoms with van der Waals surface area (Å²) in [6.45, 7) is 13.9. The van der Waals surface area contributed by atoms with E-state index in [9.17, 15) is 0 Å². The molecule has 0 spiro atoms. The SMILES string of the molecule is CC(C)(C)c1cccc(-c2ccc3c(c2)CC3C(C)(C)C)c1. The zero-order chi connectivity index (χ0) is 16.1. The summed E-state index contributed by atoms with van der Waals surface area (Å²) in [6.07, 6.45) is 1.23. The summed E-state index contributed by atoms with van der Waals surface area (Å²) in [5.41, 5.74) is 7.78. The van der Waals surface area contributed by atoms with Crippen molar-refractivity contribution in [3.63, 3.8) is 0 Å². The van der Waals surface area contributed by atoms with Gasteiger partial charge in [-0.1, -0.05) is 84.0 Å². The molecule has 0 N–H and O–H groups in total. The summed E-state index contributed by atoms with van der Waals surface area (Å²) < 4.78 is 0. The highest BCUT2D eigenvalue weighted by Crippen LogP contribution is 2.47. The molecule has 0 radical (unpaired) electrons. The number of hydrogen-bond acceptors (Lipinski definition) is 0. The first kappa shape index (κ1) is 15.3. The molecule has 1 aliphatic carbocycles. The first-order valence-electron chi connectivity index (χ1n) is 8.40. The van der Waals surface area contributed by atoms with Gasteiger partial charge in [0, 0.05) is 0 Å². The maximum absolute atomic E-state index is 2.40. The predicted octanol–water partition coefficient (Wildman–Crippen LogP) is 6.34. The topological polar surface area (TPSA) is 0 Å². The third-order valence-electron chi connectivity index (χ3n) is 5.05. The van der Waals surface area contributed by atoms with Crippen LogP contribution in [0.1, 0.15) is 64.2 Å². The largest absolute Gasteiger partial charge is 0.0614 e. The monoisotopic (exact) mass is 292 g/mol. The Morgan fingerprint density at radius 1 is 0.818 bits per heavy atom. The van der Waals surface area contributed by atoms with Crippen LogP contribution in [0.3, 0.4) is 0 Å². The second-order valence-corrected chi connectivity index (χ2v) is 8.87. The summed E-state index contributed by atoms with van der Waals surface area (Å²) in [7, 11) is 0. The van der Waals surface area contributed by atoms with Gasteiger partial charge in [-0.2, -0.15) is 0 Å². The molecule has 0 saturated heterocycles. The highest BCUT2D eigenvalue weighted by Gasteiger charge is 2.35. The van der Waals surface area contributed by atoms with Crippen LogP contribution in [0.25, 0.3) is 11.1 Å². The van der Waals surface area contributed by atoms with Crippen molar-refractivity contribution in [2.75, 3.05) is 0 Å². The summed E-state index contributed by atoms with van der Waals surface area (Å²) in [6, 6.07) is 16.1. The molecule has 22 heavy (non-hydrogen) atoms. The Kier molecular flexibility index (Phi) is 3.47. The summed E-state index contributed by atoms with van der Waals surface area (Å²) >= 11 is 0. The van der Waals surface area contributed by atoms with E-state index < -0.39 is 0 Å². The normalized spacial score (nSPS) is 17.8. The van der Waals surface area contributed by atoms with E-state index in [-0.39, 0.29) is 5.41 Å². The van der Waals surface area contributed by atoms with Gasteiger partial charge in [-0.3, -0.25) is 0 Å². The lowest BCUT2D eigenvalue weighted by molar-refractivity contribution is 0.291. The van der Waals surface area contributed by atoms with E-state index in [1.165, 1.54) is 23.1 Å². The highest BCUT2D eigenvalue weighted by molar-refractivity contribution is 5.67. The number of benzene rings is 2. The molecule has 116 valence electrons. The Labute approximate surface area is 135 Å². The van der Waals surface area contributed by atoms with Crippen LogP contribution >= 0.6 is 0 Å². The van der Waals surface area contributed by atoms with Gasteiger partial charge in [0.25, 0.3) is 0 Å². The van der Waals surface area contributed by atoms with Crippen LogP contribution in [-0.2, 0) is 11.8 Å². The van der Waals surface area contributed by atoms with E-state index in [4.69, 9.17) is 0 Å². The number of rotatable bonds is 1. The second kappa shape index (κ2) is 4.98. The van der Waals surface area contributed by atoms with Crippen molar-refractivity contribution in [1.29, 1.82) is 0 Å². The van der Waals surface area contributed by atoms with Crippen molar-refractivity contribution in [2.45, 2.75) is 59.3 Å². The number of hydrogen-bond donors (Lipinski definition) is 0. The zero-order valence-electron chi connectivity index (χ0n) is 14.8. The molecular weight excluding hydrogens is 264 g/mol. The molecular formula is C22H28. The van der Waals surface area contributed by atoms with Crippen LogP contribution < -0.4 is 0 Å². The molecule has 0 heteroatoms. The first-order chi connectivity index (χ1) is 10.2. The smallest absolute Gasteiger partial charge is 0.00699 e. The number of fused-ring (bicyclic) bond motifs is 1. The molecule has 1 aliphatic rings. The minimum Gasteiger partial charge on any atom is -0.0614 e. The van der Waals surface area contributed by atoms with Crippen molar-refractivity contribution in [1.82, 2.24) is 0 Å². The molecule has 1 unspecified atom stereocenters. The van der Waals surface area contributed by atoms with Gasteiger partial charge in [0.1, 0.15) is 0 Å². The van der Waals surface area contributed by atoms with Gasteiger partial charge in [0.05, 0.1) is 0 Å². The Balaban J connectivity index is 1.94. The van der Waals surface area contributed by atoms with E-state index in [0.29, 0.717) is 5.41 Å². The second-order valence-electron chi connectivity index (χ2n) is 8.87. The zero-order valence-corrected chi connectivity index (χ0v) is 14.8. The van der Waals surface area contributed by atoms with Crippen LogP contribution in [0.15, 0.2) is 42.5 Å². The molecule has 0 bridgehead atoms. The van der Waals surface area contributed by atoms with Gasteiger partial charge in [-0.25, -0.2) is 0 Å². The van der Waals surface area contributed by atoms with E-state index in [1.54, 1.807) is 11.1 Å². The van der Waals surface area contributed by atoms with Crippen molar-refractivity contribution < 1.29 is 0 Å². The summed E-state index contributed by atoms with van der Waals surface area (Å²) in [5, 5.41) is 0. The fourth-order valence-electron chi connectivity index (χ4n) is 3.44. The fourth-order valence-corrected chi connectivity index (χ4v) is 3.44. The third-order valence-corrected chi connectivity index (χ3v) is 5.05. The lowest BCUT2D eigenvalue weighted by Crippen LogP contribution is -2.29. The minimum absolute atomic E-state index is 0.202. The maximum Gasteiger partial charge on any atom is -0.00699 e. The summed E-state index contributed by atoms with van der Waals surface area (Å²) in [4.78, 5) is 0. The van der Waals surface area contributed by atoms with Crippen molar-refractivity contribution in [2.24, 2.45) is 5.41 Å². The third kappa shape index (κ3) is 2.72. The lowest BCUT2D eigenvalue weighted by atomic mass is 9.64. The lowest BCUT2D eigenvalue weighted by Gasteiger charge is -2.40. The van der Waals surface area contributed by atoms with Crippen LogP contribution in [-0.4, -0.2) is 0 Å². The Bertz CT molecular complexity index is 693. The minimum atomic E-state index is 0.202. The molecule has 0 fully saturated rings. The van der Waals surface area contributed by atoms with Gasteiger partial charge in [0.2, 0.25) is 0 Å². The van der Waals surface area contributed by atoms with Crippen LogP contribution in [0, 0.1) is 5.41 Å². The van der Waals surface area contributed by atoms with Crippen LogP contribution in [0.2, 0.25) is 0 Å². The van der Waals surface area contributed by atoms with Gasteiger partial charge in [-0.15, -0.1) is 0 Å². The van der Waals surface area contributed by atoms with Gasteiger partial charge >= 0.3 is 0 Å². The van der Waals surface area contributed by atoms with Gasteiger partial charge in [0.15, 0.2) is 0 Å². The Hall–Kier alpha value is -1.56. The molecule has 2 aromatic rings. The summed E-state index contributed by atoms with van der Waals surface area (Å²) in [5.74, 6) is 0.720. The van der Waals surface area contributed by atoms with Crippen LogP contribution in [0.5, 0.6) is 0 Å². The average Bonchev–Trinajstić information content (AvgIpc) is 2.38. The van der Waals surface area contributed by atoms with Crippen molar-refractivity contribution in [3.8, 4) is 11.1 Å². The predicted molar refractivity (Wildman–Crippen MR) is 96.5 cm³/mol. The first-order valence-corrected chi connectivity index (χ1v) is 8.40. The van der Waals surface area contributed by atoms with E-state index in [2.05, 4.69) is 84.0 Å². The van der Waals surface area contributed by atoms with Crippen molar-refractivity contribution >= 4 is 0 Å². The van der Waals surface area contributed by atoms with E-state index in [0.717, 1.165) is 5.92 Å². The molecule has 0 amide bonds. The molecule has 1 atom stereocenters. The van der Waals surface area contributed by atoms with Crippen molar-refractivity contribution in [3.05, 3.63) is 59.2 Å². The van der Waals surface area contributed by atoms with Gasteiger partial charge in [-0.05, 0) is 51.0 Å². The fraction of sp³-hybridized carbons (Fsp3) is 0.455. The molecule has 0 aliphatic heterocycles. The molecule has 0 heterocycles. The molecule has 0 nitrogen and oxygen atoms in total. The van der Waals surface area contributed by atoms with E-state index >= 15 is 0 Å². The average molecular weight is 292 g/mol. The maximum atomic E-state index is 2.40. The van der Waals surface area contributed by atoms with Crippen LogP contribution in [0.4, 0.5) is 0 Å². The van der Waals surface area contributed by atoms with Gasteiger partial charge < -0.3 is 0 Å². The molecule has 0 aromatic heterocycles. The quantitative estimate of drug-likeness (QED) is 0.575. The van der Waals surface area contributed by atoms with E-state index in [1.807, 2.05) is 0 Å². The molecule has 0 saturated carbocycles. The Morgan fingerprint density at radius 2 is 1.50 bits per heavy atom. The highest BCUT2D eigenvalue weighted by atomic mass is 14.4.